The van der Waals surface area contributed by atoms with Crippen LogP contribution in [0.3, 0.4) is 0 Å². The number of nitrogens with two attached hydrogens (primary N) is 1. The normalized spacial score (nSPS) is 21.2. The van der Waals surface area contributed by atoms with Gasteiger partial charge in [-0.2, -0.15) is 0 Å². The Morgan fingerprint density at radius 3 is 2.81 bits per heavy atom. The number of nitrogens with one attached hydrogen (secondary N) is 2. The Hall–Kier alpha value is -1.44. The van der Waals surface area contributed by atoms with Gasteiger partial charge in [0.15, 0.2) is 0 Å². The predicted molar refractivity (Wildman–Crippen MR) is 81.2 cm³/mol. The van der Waals surface area contributed by atoms with Crippen molar-refractivity contribution in [3.05, 3.63) is 22.4 Å². The molecule has 0 aliphatic carbocycles. The second kappa shape index (κ2) is 8.11. The van der Waals surface area contributed by atoms with E-state index in [2.05, 4.69) is 10.6 Å². The van der Waals surface area contributed by atoms with Crippen LogP contribution in [0.4, 0.5) is 0 Å². The minimum atomic E-state index is -0.376. The lowest BCUT2D eigenvalue weighted by molar-refractivity contribution is -0.131. The molecule has 2 atom stereocenters. The molecule has 0 saturated carbocycles. The summed E-state index contributed by atoms with van der Waals surface area (Å²) in [6.07, 6.45) is 1.88. The van der Waals surface area contributed by atoms with E-state index in [1.165, 1.54) is 11.3 Å². The SMILES string of the molecule is NC[C@H]1CC[C@@H](C(=O)NCCCNC(=O)c2cccs2)O1. The maximum absolute atomic E-state index is 11.8. The van der Waals surface area contributed by atoms with Crippen molar-refractivity contribution in [2.75, 3.05) is 19.6 Å². The molecular formula is C14H21N3O3S. The molecule has 0 bridgehead atoms. The van der Waals surface area contributed by atoms with Gasteiger partial charge < -0.3 is 21.1 Å². The van der Waals surface area contributed by atoms with E-state index in [1.807, 2.05) is 11.4 Å². The molecule has 0 spiro atoms. The summed E-state index contributed by atoms with van der Waals surface area (Å²) in [7, 11) is 0. The molecule has 21 heavy (non-hydrogen) atoms. The fourth-order valence-corrected chi connectivity index (χ4v) is 2.82. The summed E-state index contributed by atoms with van der Waals surface area (Å²) in [6, 6.07) is 3.63. The van der Waals surface area contributed by atoms with Gasteiger partial charge in [-0.3, -0.25) is 9.59 Å². The third-order valence-corrected chi connectivity index (χ3v) is 4.21. The summed E-state index contributed by atoms with van der Waals surface area (Å²) in [5.41, 5.74) is 5.51. The van der Waals surface area contributed by atoms with Crippen molar-refractivity contribution in [2.24, 2.45) is 5.73 Å². The van der Waals surface area contributed by atoms with Crippen LogP contribution in [0.15, 0.2) is 17.5 Å². The minimum Gasteiger partial charge on any atom is -0.364 e. The molecule has 1 aromatic rings. The highest BCUT2D eigenvalue weighted by atomic mass is 32.1. The first kappa shape index (κ1) is 15.9. The van der Waals surface area contributed by atoms with E-state index in [-0.39, 0.29) is 24.0 Å². The van der Waals surface area contributed by atoms with Gasteiger partial charge in [-0.1, -0.05) is 6.07 Å². The monoisotopic (exact) mass is 311 g/mol. The minimum absolute atomic E-state index is 0.00540. The first-order valence-electron chi connectivity index (χ1n) is 7.15. The Morgan fingerprint density at radius 1 is 1.33 bits per heavy atom. The molecule has 0 radical (unpaired) electrons. The van der Waals surface area contributed by atoms with E-state index in [1.54, 1.807) is 6.07 Å². The maximum atomic E-state index is 11.8. The quantitative estimate of drug-likeness (QED) is 0.639. The molecule has 0 unspecified atom stereocenters. The van der Waals surface area contributed by atoms with Crippen molar-refractivity contribution in [3.8, 4) is 0 Å². The average molecular weight is 311 g/mol. The predicted octanol–water partition coefficient (Wildman–Crippen LogP) is 0.490. The van der Waals surface area contributed by atoms with Gasteiger partial charge in [-0.25, -0.2) is 0 Å². The van der Waals surface area contributed by atoms with Crippen LogP contribution in [0.2, 0.25) is 0 Å². The molecule has 4 N–H and O–H groups in total. The van der Waals surface area contributed by atoms with Crippen molar-refractivity contribution in [1.29, 1.82) is 0 Å². The van der Waals surface area contributed by atoms with Crippen LogP contribution in [-0.2, 0) is 9.53 Å². The molecule has 1 aliphatic rings. The van der Waals surface area contributed by atoms with Gasteiger partial charge in [-0.05, 0) is 30.7 Å². The Morgan fingerprint density at radius 2 is 2.14 bits per heavy atom. The lowest BCUT2D eigenvalue weighted by Crippen LogP contribution is -2.37. The van der Waals surface area contributed by atoms with E-state index < -0.39 is 0 Å². The summed E-state index contributed by atoms with van der Waals surface area (Å²) < 4.78 is 5.51. The van der Waals surface area contributed by atoms with Crippen molar-refractivity contribution >= 4 is 23.2 Å². The molecule has 2 heterocycles. The number of carbonyl (C=O) groups excluding carboxylic acids is 2. The fraction of sp³-hybridized carbons (Fsp3) is 0.571. The Kier molecular flexibility index (Phi) is 6.16. The van der Waals surface area contributed by atoms with Crippen molar-refractivity contribution in [2.45, 2.75) is 31.5 Å². The second-order valence-corrected chi connectivity index (χ2v) is 5.89. The lowest BCUT2D eigenvalue weighted by atomic mass is 10.2. The highest BCUT2D eigenvalue weighted by Crippen LogP contribution is 2.18. The van der Waals surface area contributed by atoms with Crippen molar-refractivity contribution < 1.29 is 14.3 Å². The highest BCUT2D eigenvalue weighted by molar-refractivity contribution is 7.12. The van der Waals surface area contributed by atoms with E-state index in [0.717, 1.165) is 12.8 Å². The molecule has 1 aromatic heterocycles. The van der Waals surface area contributed by atoms with Crippen LogP contribution < -0.4 is 16.4 Å². The molecular weight excluding hydrogens is 290 g/mol. The maximum Gasteiger partial charge on any atom is 0.261 e. The summed E-state index contributed by atoms with van der Waals surface area (Å²) in [5.74, 6) is -0.156. The topological polar surface area (TPSA) is 93.5 Å². The van der Waals surface area contributed by atoms with Crippen LogP contribution in [0.5, 0.6) is 0 Å². The van der Waals surface area contributed by atoms with E-state index in [9.17, 15) is 9.59 Å². The number of ether oxygens (including phenoxy) is 1. The van der Waals surface area contributed by atoms with Crippen LogP contribution >= 0.6 is 11.3 Å². The molecule has 6 nitrogen and oxygen atoms in total. The highest BCUT2D eigenvalue weighted by Gasteiger charge is 2.29. The van der Waals surface area contributed by atoms with Gasteiger partial charge in [0.05, 0.1) is 11.0 Å². The molecule has 2 rings (SSSR count). The van der Waals surface area contributed by atoms with Gasteiger partial charge in [-0.15, -0.1) is 11.3 Å². The molecule has 7 heteroatoms. The third kappa shape index (κ3) is 4.80. The largest absolute Gasteiger partial charge is 0.364 e. The van der Waals surface area contributed by atoms with Crippen LogP contribution in [0, 0.1) is 0 Å². The number of hydrogen-bond donors (Lipinski definition) is 3. The number of rotatable bonds is 7. The second-order valence-electron chi connectivity index (χ2n) is 4.94. The van der Waals surface area contributed by atoms with E-state index >= 15 is 0 Å². The van der Waals surface area contributed by atoms with Crippen LogP contribution in [-0.4, -0.2) is 43.7 Å². The van der Waals surface area contributed by atoms with Crippen molar-refractivity contribution in [3.63, 3.8) is 0 Å². The first-order chi connectivity index (χ1) is 10.2. The third-order valence-electron chi connectivity index (χ3n) is 3.35. The number of thiophene rings is 1. The first-order valence-corrected chi connectivity index (χ1v) is 8.03. The molecule has 1 fully saturated rings. The van der Waals surface area contributed by atoms with Gasteiger partial charge in [0.1, 0.15) is 6.10 Å². The Bertz CT molecular complexity index is 464. The average Bonchev–Trinajstić information content (AvgIpc) is 3.17. The molecule has 116 valence electrons. The zero-order chi connectivity index (χ0) is 15.1. The smallest absolute Gasteiger partial charge is 0.261 e. The number of amides is 2. The molecule has 2 amide bonds. The standard InChI is InChI=1S/C14H21N3O3S/c15-9-10-4-5-11(20-10)13(18)16-6-2-7-17-14(19)12-3-1-8-21-12/h1,3,8,10-11H,2,4-7,9,15H2,(H,16,18)(H,17,19)/t10-,11+/m1/s1. The summed E-state index contributed by atoms with van der Waals surface area (Å²) in [5, 5.41) is 7.51. The van der Waals surface area contributed by atoms with Gasteiger partial charge >= 0.3 is 0 Å². The molecule has 1 aliphatic heterocycles. The van der Waals surface area contributed by atoms with Crippen molar-refractivity contribution in [1.82, 2.24) is 10.6 Å². The lowest BCUT2D eigenvalue weighted by Gasteiger charge is -2.12. The number of carbonyl (C=O) groups is 2. The van der Waals surface area contributed by atoms with E-state index in [0.29, 0.717) is 30.9 Å². The molecule has 0 aromatic carbocycles. The number of hydrogen-bond acceptors (Lipinski definition) is 5. The summed E-state index contributed by atoms with van der Waals surface area (Å²) in [4.78, 5) is 24.2. The fourth-order valence-electron chi connectivity index (χ4n) is 2.18. The zero-order valence-corrected chi connectivity index (χ0v) is 12.7. The van der Waals surface area contributed by atoms with Gasteiger partial charge in [0, 0.05) is 19.6 Å². The summed E-state index contributed by atoms with van der Waals surface area (Å²) in [6.45, 7) is 1.52. The van der Waals surface area contributed by atoms with Crippen LogP contribution in [0.25, 0.3) is 0 Å². The van der Waals surface area contributed by atoms with Gasteiger partial charge in [0.2, 0.25) is 5.91 Å². The zero-order valence-electron chi connectivity index (χ0n) is 11.8. The van der Waals surface area contributed by atoms with Crippen LogP contribution in [0.1, 0.15) is 28.9 Å². The molecule has 1 saturated heterocycles. The van der Waals surface area contributed by atoms with Gasteiger partial charge in [0.25, 0.3) is 5.91 Å². The summed E-state index contributed by atoms with van der Waals surface area (Å²) >= 11 is 1.41. The van der Waals surface area contributed by atoms with E-state index in [4.69, 9.17) is 10.5 Å². The Balaban J connectivity index is 1.55. The Labute approximate surface area is 128 Å².